The molecule has 0 aliphatic rings. The summed E-state index contributed by atoms with van der Waals surface area (Å²) in [6.45, 7) is -0.0890. The highest BCUT2D eigenvalue weighted by atomic mass is 31.2. The summed E-state index contributed by atoms with van der Waals surface area (Å²) in [4.78, 5) is 8.16. The zero-order chi connectivity index (χ0) is 9.73. The standard InChI is InChI=1S/C8H10FO3P/c9-13(10,11)12-7-6-8-4-2-1-3-5-8/h1-5H,6-7H2,(H,10,11). The summed E-state index contributed by atoms with van der Waals surface area (Å²) in [6.07, 6.45) is 0.426. The van der Waals surface area contributed by atoms with Crippen LogP contribution in [0.2, 0.25) is 0 Å². The predicted octanol–water partition coefficient (Wildman–Crippen LogP) is 2.32. The Morgan fingerprint density at radius 2 is 2.00 bits per heavy atom. The highest BCUT2D eigenvalue weighted by molar-refractivity contribution is 7.46. The lowest BCUT2D eigenvalue weighted by atomic mass is 10.2. The Labute approximate surface area is 75.8 Å². The van der Waals surface area contributed by atoms with Crippen molar-refractivity contribution in [2.24, 2.45) is 0 Å². The van der Waals surface area contributed by atoms with Crippen LogP contribution in [0.5, 0.6) is 0 Å². The highest BCUT2D eigenvalue weighted by Gasteiger charge is 2.15. The molecule has 1 aromatic carbocycles. The molecule has 0 fully saturated rings. The molecule has 1 atom stereocenters. The van der Waals surface area contributed by atoms with Crippen LogP contribution in [0.25, 0.3) is 0 Å². The van der Waals surface area contributed by atoms with Crippen LogP contribution in [0.1, 0.15) is 5.56 Å². The van der Waals surface area contributed by atoms with E-state index in [2.05, 4.69) is 4.52 Å². The van der Waals surface area contributed by atoms with E-state index in [0.29, 0.717) is 6.42 Å². The molecule has 0 bridgehead atoms. The topological polar surface area (TPSA) is 46.5 Å². The maximum absolute atomic E-state index is 12.0. The van der Waals surface area contributed by atoms with Gasteiger partial charge in [0.1, 0.15) is 0 Å². The summed E-state index contributed by atoms with van der Waals surface area (Å²) < 4.78 is 26.1. The summed E-state index contributed by atoms with van der Waals surface area (Å²) in [5, 5.41) is 0. The van der Waals surface area contributed by atoms with Crippen LogP contribution >= 0.6 is 7.91 Å². The molecule has 0 heterocycles. The van der Waals surface area contributed by atoms with Crippen LogP contribution in [-0.2, 0) is 15.5 Å². The summed E-state index contributed by atoms with van der Waals surface area (Å²) >= 11 is 0. The van der Waals surface area contributed by atoms with E-state index in [1.165, 1.54) is 0 Å². The van der Waals surface area contributed by atoms with Crippen molar-refractivity contribution in [1.29, 1.82) is 0 Å². The molecule has 0 amide bonds. The third-order valence-corrected chi connectivity index (χ3v) is 1.99. The number of hydrogen-bond acceptors (Lipinski definition) is 2. The van der Waals surface area contributed by atoms with E-state index in [0.717, 1.165) is 5.56 Å². The van der Waals surface area contributed by atoms with E-state index in [-0.39, 0.29) is 6.61 Å². The molecule has 0 aliphatic carbocycles. The average molecular weight is 204 g/mol. The molecular formula is C8H10FO3P. The fourth-order valence-electron chi connectivity index (χ4n) is 0.921. The first-order valence-electron chi connectivity index (χ1n) is 3.79. The smallest absolute Gasteiger partial charge is 0.299 e. The lowest BCUT2D eigenvalue weighted by Crippen LogP contribution is -1.94. The molecule has 0 aromatic heterocycles. The van der Waals surface area contributed by atoms with Crippen LogP contribution in [-0.4, -0.2) is 11.5 Å². The second-order valence-corrected chi connectivity index (χ2v) is 3.68. The van der Waals surface area contributed by atoms with Gasteiger partial charge in [0, 0.05) is 0 Å². The Hall–Kier alpha value is -0.700. The maximum Gasteiger partial charge on any atom is 0.510 e. The van der Waals surface area contributed by atoms with Crippen molar-refractivity contribution in [2.75, 3.05) is 6.61 Å². The minimum Gasteiger partial charge on any atom is -0.299 e. The second kappa shape index (κ2) is 4.51. The largest absolute Gasteiger partial charge is 0.510 e. The molecule has 3 nitrogen and oxygen atoms in total. The Kier molecular flexibility index (Phi) is 3.60. The van der Waals surface area contributed by atoms with Crippen LogP contribution in [0.15, 0.2) is 30.3 Å². The van der Waals surface area contributed by atoms with E-state index >= 15 is 0 Å². The monoisotopic (exact) mass is 204 g/mol. The summed E-state index contributed by atoms with van der Waals surface area (Å²) in [5.74, 6) is 0. The molecule has 1 aromatic rings. The third kappa shape index (κ3) is 4.78. The first-order valence-corrected chi connectivity index (χ1v) is 5.26. The van der Waals surface area contributed by atoms with Crippen molar-refractivity contribution in [2.45, 2.75) is 6.42 Å². The fraction of sp³-hybridized carbons (Fsp3) is 0.250. The van der Waals surface area contributed by atoms with Crippen LogP contribution in [0, 0.1) is 0 Å². The Morgan fingerprint density at radius 3 is 2.54 bits per heavy atom. The Bertz CT molecular complexity index is 296. The molecule has 72 valence electrons. The number of rotatable bonds is 4. The Balaban J connectivity index is 2.33. The predicted molar refractivity (Wildman–Crippen MR) is 47.0 cm³/mol. The number of halogens is 1. The van der Waals surface area contributed by atoms with Crippen molar-refractivity contribution in [3.05, 3.63) is 35.9 Å². The van der Waals surface area contributed by atoms with Gasteiger partial charge in [-0.3, -0.25) is 9.42 Å². The van der Waals surface area contributed by atoms with Crippen molar-refractivity contribution in [3.8, 4) is 0 Å². The van der Waals surface area contributed by atoms with Crippen LogP contribution in [0.4, 0.5) is 4.20 Å². The minimum atomic E-state index is -4.80. The average Bonchev–Trinajstić information content (AvgIpc) is 2.04. The van der Waals surface area contributed by atoms with Crippen LogP contribution < -0.4 is 0 Å². The molecule has 0 spiro atoms. The van der Waals surface area contributed by atoms with Gasteiger partial charge >= 0.3 is 7.91 Å². The molecule has 0 aliphatic heterocycles. The highest BCUT2D eigenvalue weighted by Crippen LogP contribution is 2.43. The molecule has 1 unspecified atom stereocenters. The van der Waals surface area contributed by atoms with Gasteiger partial charge in [0.15, 0.2) is 0 Å². The summed E-state index contributed by atoms with van der Waals surface area (Å²) in [5.41, 5.74) is 0.941. The molecule has 0 saturated heterocycles. The van der Waals surface area contributed by atoms with Crippen molar-refractivity contribution >= 4 is 7.91 Å². The van der Waals surface area contributed by atoms with Crippen molar-refractivity contribution < 1.29 is 18.2 Å². The number of hydrogen-bond donors (Lipinski definition) is 1. The van der Waals surface area contributed by atoms with Gasteiger partial charge in [0.25, 0.3) is 0 Å². The van der Waals surface area contributed by atoms with Crippen LogP contribution in [0.3, 0.4) is 0 Å². The zero-order valence-corrected chi connectivity index (χ0v) is 7.78. The van der Waals surface area contributed by atoms with Gasteiger partial charge < -0.3 is 0 Å². The van der Waals surface area contributed by atoms with E-state index in [1.807, 2.05) is 30.3 Å². The quantitative estimate of drug-likeness (QED) is 0.765. The molecule has 1 N–H and O–H groups in total. The molecular weight excluding hydrogens is 194 g/mol. The normalized spacial score (nSPS) is 15.2. The van der Waals surface area contributed by atoms with Gasteiger partial charge in [-0.1, -0.05) is 30.3 Å². The Morgan fingerprint density at radius 1 is 1.38 bits per heavy atom. The van der Waals surface area contributed by atoms with Crippen molar-refractivity contribution in [1.82, 2.24) is 0 Å². The third-order valence-electron chi connectivity index (χ3n) is 1.48. The molecule has 1 rings (SSSR count). The van der Waals surface area contributed by atoms with E-state index in [4.69, 9.17) is 4.89 Å². The SMILES string of the molecule is O=P(O)(F)OCCc1ccccc1. The van der Waals surface area contributed by atoms with Gasteiger partial charge in [-0.2, -0.15) is 0 Å². The first-order chi connectivity index (χ1) is 6.08. The zero-order valence-electron chi connectivity index (χ0n) is 6.89. The molecule has 0 radical (unpaired) electrons. The van der Waals surface area contributed by atoms with Gasteiger partial charge in [-0.25, -0.2) is 4.57 Å². The summed E-state index contributed by atoms with van der Waals surface area (Å²) in [6, 6.07) is 9.21. The van der Waals surface area contributed by atoms with Gasteiger partial charge in [0.05, 0.1) is 6.61 Å². The fourth-order valence-corrected chi connectivity index (χ4v) is 1.24. The molecule has 0 saturated carbocycles. The van der Waals surface area contributed by atoms with E-state index in [9.17, 15) is 8.76 Å². The van der Waals surface area contributed by atoms with Gasteiger partial charge in [-0.15, -0.1) is 4.20 Å². The van der Waals surface area contributed by atoms with Gasteiger partial charge in [0.2, 0.25) is 0 Å². The maximum atomic E-state index is 12.0. The number of benzene rings is 1. The lowest BCUT2D eigenvalue weighted by Gasteiger charge is -2.02. The lowest BCUT2D eigenvalue weighted by molar-refractivity contribution is 0.229. The molecule has 5 heteroatoms. The second-order valence-electron chi connectivity index (χ2n) is 2.52. The minimum absolute atomic E-state index is 0.0890. The van der Waals surface area contributed by atoms with Gasteiger partial charge in [-0.05, 0) is 12.0 Å². The van der Waals surface area contributed by atoms with Crippen molar-refractivity contribution in [3.63, 3.8) is 0 Å². The van der Waals surface area contributed by atoms with E-state index in [1.54, 1.807) is 0 Å². The molecule has 13 heavy (non-hydrogen) atoms. The first kappa shape index (κ1) is 10.4. The van der Waals surface area contributed by atoms with E-state index < -0.39 is 7.91 Å². The summed E-state index contributed by atoms with van der Waals surface area (Å²) in [7, 11) is -4.80.